The summed E-state index contributed by atoms with van der Waals surface area (Å²) in [6.07, 6.45) is 0.408. The van der Waals surface area contributed by atoms with Gasteiger partial charge in [0.2, 0.25) is 6.79 Å². The number of hydrogen-bond donors (Lipinski definition) is 2. The minimum absolute atomic E-state index is 0.00559. The van der Waals surface area contributed by atoms with E-state index in [4.69, 9.17) is 9.47 Å². The highest BCUT2D eigenvalue weighted by atomic mass is 16.7. The molecule has 0 saturated carbocycles. The Bertz CT molecular complexity index is 1440. The monoisotopic (exact) mass is 478 g/mol. The topological polar surface area (TPSA) is 80.4 Å². The van der Waals surface area contributed by atoms with Gasteiger partial charge in [0.1, 0.15) is 0 Å². The van der Waals surface area contributed by atoms with Crippen LogP contribution in [0, 0.1) is 0 Å². The molecule has 6 nitrogen and oxygen atoms in total. The number of ketones is 1. The van der Waals surface area contributed by atoms with Crippen molar-refractivity contribution in [3.05, 3.63) is 107 Å². The molecule has 0 saturated heterocycles. The summed E-state index contributed by atoms with van der Waals surface area (Å²) in [5, 5.41) is 3.08. The number of hydrogen-bond acceptors (Lipinski definition) is 4. The van der Waals surface area contributed by atoms with Crippen LogP contribution in [0.1, 0.15) is 62.7 Å². The summed E-state index contributed by atoms with van der Waals surface area (Å²) in [4.78, 5) is 30.4. The van der Waals surface area contributed by atoms with Crippen LogP contribution in [0.25, 0.3) is 11.3 Å². The normalized spacial score (nSPS) is 18.1. The van der Waals surface area contributed by atoms with Crippen molar-refractivity contribution < 1.29 is 19.1 Å². The first-order valence-corrected chi connectivity index (χ1v) is 12.2. The Labute approximate surface area is 209 Å². The molecule has 2 atom stereocenters. The van der Waals surface area contributed by atoms with Crippen molar-refractivity contribution >= 4 is 11.7 Å². The molecule has 2 N–H and O–H groups in total. The van der Waals surface area contributed by atoms with Crippen LogP contribution in [-0.4, -0.2) is 23.5 Å². The summed E-state index contributed by atoms with van der Waals surface area (Å²) < 4.78 is 10.9. The summed E-state index contributed by atoms with van der Waals surface area (Å²) >= 11 is 0. The fourth-order valence-electron chi connectivity index (χ4n) is 5.36. The van der Waals surface area contributed by atoms with E-state index >= 15 is 0 Å². The molecule has 0 fully saturated rings. The summed E-state index contributed by atoms with van der Waals surface area (Å²) in [7, 11) is 0. The maximum Gasteiger partial charge on any atom is 0.254 e. The van der Waals surface area contributed by atoms with Crippen molar-refractivity contribution in [2.75, 3.05) is 6.79 Å². The average molecular weight is 479 g/mol. The van der Waals surface area contributed by atoms with E-state index in [0.29, 0.717) is 41.4 Å². The van der Waals surface area contributed by atoms with E-state index in [0.717, 1.165) is 22.3 Å². The van der Waals surface area contributed by atoms with E-state index in [-0.39, 0.29) is 30.3 Å². The van der Waals surface area contributed by atoms with Crippen molar-refractivity contribution in [2.24, 2.45) is 0 Å². The second kappa shape index (κ2) is 9.04. The lowest BCUT2D eigenvalue weighted by Gasteiger charge is -2.29. The SMILES string of the molecule is C[C@@H]1c2c([nH]c(-c3ccccc3)c2C(=O)NCc2ccc3c(c2)OCO3)C(=O)C[C@H]1c1ccccc1. The highest BCUT2D eigenvalue weighted by Gasteiger charge is 2.38. The quantitative estimate of drug-likeness (QED) is 0.379. The van der Waals surface area contributed by atoms with Gasteiger partial charge in [-0.2, -0.15) is 0 Å². The van der Waals surface area contributed by atoms with E-state index in [9.17, 15) is 9.59 Å². The molecule has 1 aromatic heterocycles. The molecular weight excluding hydrogens is 452 g/mol. The minimum atomic E-state index is -0.211. The Balaban J connectivity index is 1.39. The maximum absolute atomic E-state index is 13.8. The Morgan fingerprint density at radius 2 is 1.67 bits per heavy atom. The van der Waals surface area contributed by atoms with Crippen LogP contribution in [0.4, 0.5) is 0 Å². The van der Waals surface area contributed by atoms with Gasteiger partial charge in [0, 0.05) is 13.0 Å². The highest BCUT2D eigenvalue weighted by molar-refractivity contribution is 6.08. The lowest BCUT2D eigenvalue weighted by atomic mass is 9.73. The van der Waals surface area contributed by atoms with Crippen molar-refractivity contribution in [3.63, 3.8) is 0 Å². The number of ether oxygens (including phenoxy) is 2. The van der Waals surface area contributed by atoms with Crippen LogP contribution >= 0.6 is 0 Å². The molecule has 36 heavy (non-hydrogen) atoms. The Morgan fingerprint density at radius 1 is 0.944 bits per heavy atom. The number of benzene rings is 3. The molecule has 0 spiro atoms. The van der Waals surface area contributed by atoms with Gasteiger partial charge < -0.3 is 19.8 Å². The van der Waals surface area contributed by atoms with Crippen LogP contribution in [-0.2, 0) is 6.54 Å². The second-order valence-electron chi connectivity index (χ2n) is 9.33. The largest absolute Gasteiger partial charge is 0.454 e. The van der Waals surface area contributed by atoms with Gasteiger partial charge in [0.25, 0.3) is 5.91 Å². The summed E-state index contributed by atoms with van der Waals surface area (Å²) in [5.41, 5.74) is 5.44. The predicted molar refractivity (Wildman–Crippen MR) is 137 cm³/mol. The summed E-state index contributed by atoms with van der Waals surface area (Å²) in [6.45, 7) is 2.64. The van der Waals surface area contributed by atoms with E-state index < -0.39 is 0 Å². The van der Waals surface area contributed by atoms with Crippen LogP contribution in [0.5, 0.6) is 11.5 Å². The Morgan fingerprint density at radius 3 is 2.44 bits per heavy atom. The van der Waals surface area contributed by atoms with E-state index in [1.807, 2.05) is 66.7 Å². The molecule has 180 valence electrons. The zero-order chi connectivity index (χ0) is 24.6. The molecule has 6 rings (SSSR count). The zero-order valence-electron chi connectivity index (χ0n) is 19.9. The third-order valence-electron chi connectivity index (χ3n) is 7.19. The third kappa shape index (κ3) is 3.85. The fraction of sp³-hybridized carbons (Fsp3) is 0.200. The molecule has 1 aliphatic carbocycles. The number of rotatable bonds is 5. The second-order valence-corrected chi connectivity index (χ2v) is 9.33. The molecule has 3 aromatic carbocycles. The molecule has 0 unspecified atom stereocenters. The van der Waals surface area contributed by atoms with Gasteiger partial charge in [-0.3, -0.25) is 9.59 Å². The lowest BCUT2D eigenvalue weighted by Crippen LogP contribution is -2.27. The van der Waals surface area contributed by atoms with Gasteiger partial charge in [-0.15, -0.1) is 0 Å². The number of carbonyl (C=O) groups excluding carboxylic acids is 2. The first-order valence-electron chi connectivity index (χ1n) is 12.2. The standard InChI is InChI=1S/C30H26N2O4/c1-18-22(20-8-4-2-5-9-20)15-23(33)29-26(18)27(28(32-29)21-10-6-3-7-11-21)30(34)31-16-19-12-13-24-25(14-19)36-17-35-24/h2-14,18,22,32H,15-17H2,1H3,(H,31,34)/t18-,22+/m0/s1. The molecule has 2 heterocycles. The third-order valence-corrected chi connectivity index (χ3v) is 7.19. The van der Waals surface area contributed by atoms with E-state index in [1.165, 1.54) is 0 Å². The first-order chi connectivity index (χ1) is 17.6. The van der Waals surface area contributed by atoms with Gasteiger partial charge in [-0.1, -0.05) is 73.7 Å². The Hall–Kier alpha value is -4.32. The van der Waals surface area contributed by atoms with Gasteiger partial charge >= 0.3 is 0 Å². The summed E-state index contributed by atoms with van der Waals surface area (Å²) in [6, 6.07) is 25.4. The van der Waals surface area contributed by atoms with Crippen molar-refractivity contribution in [1.82, 2.24) is 10.3 Å². The van der Waals surface area contributed by atoms with Gasteiger partial charge in [0.15, 0.2) is 17.3 Å². The van der Waals surface area contributed by atoms with Gasteiger partial charge in [-0.25, -0.2) is 0 Å². The molecule has 1 amide bonds. The van der Waals surface area contributed by atoms with Crippen molar-refractivity contribution in [3.8, 4) is 22.8 Å². The smallest absolute Gasteiger partial charge is 0.254 e. The number of fused-ring (bicyclic) bond motifs is 2. The molecule has 2 aliphatic rings. The van der Waals surface area contributed by atoms with E-state index in [2.05, 4.69) is 29.4 Å². The predicted octanol–water partition coefficient (Wildman–Crippen LogP) is 5.81. The maximum atomic E-state index is 13.8. The van der Waals surface area contributed by atoms with Gasteiger partial charge in [0.05, 0.1) is 17.0 Å². The molecule has 1 aliphatic heterocycles. The number of nitrogens with one attached hydrogen (secondary N) is 2. The average Bonchev–Trinajstić information content (AvgIpc) is 3.56. The first kappa shape index (κ1) is 22.2. The molecule has 0 radical (unpaired) electrons. The number of Topliss-reactive ketones (excluding diaryl/α,β-unsaturated/α-hetero) is 1. The minimum Gasteiger partial charge on any atom is -0.454 e. The molecule has 0 bridgehead atoms. The number of H-pyrrole nitrogens is 1. The number of aromatic amines is 1. The number of aromatic nitrogens is 1. The van der Waals surface area contributed by atoms with Crippen LogP contribution in [0.3, 0.4) is 0 Å². The molecular formula is C30H26N2O4. The number of amides is 1. The highest BCUT2D eigenvalue weighted by Crippen LogP contribution is 2.46. The van der Waals surface area contributed by atoms with Gasteiger partial charge in [-0.05, 0) is 46.2 Å². The summed E-state index contributed by atoms with van der Waals surface area (Å²) in [5.74, 6) is 1.19. The van der Waals surface area contributed by atoms with Crippen LogP contribution in [0.2, 0.25) is 0 Å². The number of carbonyl (C=O) groups is 2. The molecule has 6 heteroatoms. The zero-order valence-corrected chi connectivity index (χ0v) is 19.9. The fourth-order valence-corrected chi connectivity index (χ4v) is 5.36. The van der Waals surface area contributed by atoms with Crippen molar-refractivity contribution in [2.45, 2.75) is 31.7 Å². The van der Waals surface area contributed by atoms with E-state index in [1.54, 1.807) is 0 Å². The lowest BCUT2D eigenvalue weighted by molar-refractivity contribution is 0.0948. The van der Waals surface area contributed by atoms with Crippen LogP contribution < -0.4 is 14.8 Å². The molecule has 4 aromatic rings. The van der Waals surface area contributed by atoms with Crippen LogP contribution in [0.15, 0.2) is 78.9 Å². The Kier molecular flexibility index (Phi) is 5.56. The van der Waals surface area contributed by atoms with Crippen molar-refractivity contribution in [1.29, 1.82) is 0 Å².